The molecular weight excluding hydrogens is 406 g/mol. The minimum absolute atomic E-state index is 0.00408. The van der Waals surface area contributed by atoms with Crippen molar-refractivity contribution in [2.75, 3.05) is 13.2 Å². The van der Waals surface area contributed by atoms with E-state index < -0.39 is 0 Å². The van der Waals surface area contributed by atoms with Crippen molar-refractivity contribution >= 4 is 33.5 Å². The van der Waals surface area contributed by atoms with Crippen LogP contribution in [-0.2, 0) is 17.7 Å². The number of carbonyl (C=O) groups is 1. The van der Waals surface area contributed by atoms with Crippen LogP contribution in [-0.4, -0.2) is 34.1 Å². The summed E-state index contributed by atoms with van der Waals surface area (Å²) in [5.74, 6) is 0. The first-order chi connectivity index (χ1) is 15.6. The number of hydrogen-bond donors (Lipinski definition) is 0. The molecule has 0 fully saturated rings. The fraction of sp³-hybridized carbons (Fsp3) is 0.200. The van der Waals surface area contributed by atoms with Crippen molar-refractivity contribution in [2.45, 2.75) is 19.9 Å². The highest BCUT2D eigenvalue weighted by Crippen LogP contribution is 2.39. The molecule has 7 heteroatoms. The molecule has 3 aromatic carbocycles. The Morgan fingerprint density at radius 3 is 2.69 bits per heavy atom. The van der Waals surface area contributed by atoms with Crippen LogP contribution in [0.1, 0.15) is 18.1 Å². The Balaban J connectivity index is 1.82. The Morgan fingerprint density at radius 1 is 1.09 bits per heavy atom. The number of rotatable bonds is 3. The van der Waals surface area contributed by atoms with E-state index in [4.69, 9.17) is 9.72 Å². The molecule has 4 aromatic rings. The second-order valence-electron chi connectivity index (χ2n) is 7.74. The molecule has 2 heterocycles. The molecule has 32 heavy (non-hydrogen) atoms. The van der Waals surface area contributed by atoms with E-state index in [0.29, 0.717) is 37.4 Å². The summed E-state index contributed by atoms with van der Waals surface area (Å²) < 4.78 is 5.22. The molecule has 0 atom stereocenters. The summed E-state index contributed by atoms with van der Waals surface area (Å²) in [6, 6.07) is 18.7. The van der Waals surface area contributed by atoms with Crippen molar-refractivity contribution in [2.24, 2.45) is 0 Å². The van der Waals surface area contributed by atoms with E-state index in [1.807, 2.05) is 24.3 Å². The molecule has 0 bridgehead atoms. The Morgan fingerprint density at radius 2 is 1.88 bits per heavy atom. The molecule has 0 saturated carbocycles. The number of hydrogen-bond acceptors (Lipinski definition) is 5. The monoisotopic (exact) mass is 427 g/mol. The van der Waals surface area contributed by atoms with Gasteiger partial charge in [0, 0.05) is 23.6 Å². The fourth-order valence-corrected chi connectivity index (χ4v) is 4.54. The van der Waals surface area contributed by atoms with Gasteiger partial charge in [0.05, 0.1) is 34.8 Å². The van der Waals surface area contributed by atoms with E-state index in [-0.39, 0.29) is 16.7 Å². The van der Waals surface area contributed by atoms with E-state index in [1.165, 1.54) is 6.07 Å². The highest BCUT2D eigenvalue weighted by Gasteiger charge is 2.29. The summed E-state index contributed by atoms with van der Waals surface area (Å²) in [6.45, 7) is 2.88. The highest BCUT2D eigenvalue weighted by atomic mass is 16.6. The lowest BCUT2D eigenvalue weighted by atomic mass is 9.89. The topological polar surface area (TPSA) is 85.6 Å². The summed E-state index contributed by atoms with van der Waals surface area (Å²) in [5.41, 5.74) is 3.71. The summed E-state index contributed by atoms with van der Waals surface area (Å²) in [5, 5.41) is 15.0. The molecule has 0 unspecified atom stereocenters. The van der Waals surface area contributed by atoms with Gasteiger partial charge in [-0.25, -0.2) is 9.78 Å². The molecule has 0 radical (unpaired) electrons. The molecule has 0 aliphatic carbocycles. The molecular formula is C25H21N3O4. The van der Waals surface area contributed by atoms with Gasteiger partial charge in [-0.05, 0) is 41.8 Å². The molecule has 1 amide bonds. The number of benzene rings is 3. The molecule has 1 aliphatic heterocycles. The number of nitro benzene ring substituents is 1. The number of aromatic nitrogens is 1. The third kappa shape index (κ3) is 3.22. The number of amides is 1. The van der Waals surface area contributed by atoms with Crippen LogP contribution in [0, 0.1) is 10.1 Å². The van der Waals surface area contributed by atoms with Gasteiger partial charge in [0.15, 0.2) is 0 Å². The van der Waals surface area contributed by atoms with Crippen LogP contribution in [0.4, 0.5) is 10.5 Å². The number of nitrogens with zero attached hydrogens (tertiary/aromatic N) is 3. The number of pyridine rings is 1. The average Bonchev–Trinajstić information content (AvgIpc) is 2.83. The van der Waals surface area contributed by atoms with E-state index in [1.54, 1.807) is 30.0 Å². The quantitative estimate of drug-likeness (QED) is 0.246. The van der Waals surface area contributed by atoms with Gasteiger partial charge in [0.1, 0.15) is 0 Å². The molecule has 160 valence electrons. The number of nitro groups is 1. The van der Waals surface area contributed by atoms with Crippen molar-refractivity contribution in [1.82, 2.24) is 9.88 Å². The smallest absolute Gasteiger partial charge is 0.410 e. The maximum Gasteiger partial charge on any atom is 0.410 e. The maximum absolute atomic E-state index is 12.5. The SMILES string of the molecule is CCOC(=O)N1CCc2c(c(-c3ccccc3[N+](=O)[O-])nc3ccc4ccccc4c23)C1. The van der Waals surface area contributed by atoms with Crippen LogP contribution in [0.3, 0.4) is 0 Å². The first-order valence-corrected chi connectivity index (χ1v) is 10.6. The van der Waals surface area contributed by atoms with E-state index in [2.05, 4.69) is 12.1 Å². The third-order valence-corrected chi connectivity index (χ3v) is 5.95. The van der Waals surface area contributed by atoms with Gasteiger partial charge in [0.25, 0.3) is 5.69 Å². The summed E-state index contributed by atoms with van der Waals surface area (Å²) in [4.78, 5) is 30.4. The molecule has 0 N–H and O–H groups in total. The predicted molar refractivity (Wildman–Crippen MR) is 122 cm³/mol. The lowest BCUT2D eigenvalue weighted by Gasteiger charge is -2.30. The summed E-state index contributed by atoms with van der Waals surface area (Å²) >= 11 is 0. The van der Waals surface area contributed by atoms with Crippen LogP contribution in [0.5, 0.6) is 0 Å². The van der Waals surface area contributed by atoms with Crippen molar-refractivity contribution in [3.8, 4) is 11.3 Å². The predicted octanol–water partition coefficient (Wildman–Crippen LogP) is 5.48. The zero-order valence-electron chi connectivity index (χ0n) is 17.6. The van der Waals surface area contributed by atoms with E-state index >= 15 is 0 Å². The molecule has 0 spiro atoms. The first kappa shape index (κ1) is 19.9. The average molecular weight is 427 g/mol. The van der Waals surface area contributed by atoms with Gasteiger partial charge in [0.2, 0.25) is 0 Å². The van der Waals surface area contributed by atoms with E-state index in [0.717, 1.165) is 32.8 Å². The number of para-hydroxylation sites is 1. The Kier molecular flexibility index (Phi) is 4.93. The molecule has 7 nitrogen and oxygen atoms in total. The van der Waals surface area contributed by atoms with E-state index in [9.17, 15) is 14.9 Å². The first-order valence-electron chi connectivity index (χ1n) is 10.6. The van der Waals surface area contributed by atoms with Gasteiger partial charge >= 0.3 is 6.09 Å². The summed E-state index contributed by atoms with van der Waals surface area (Å²) in [7, 11) is 0. The van der Waals surface area contributed by atoms with Gasteiger partial charge in [-0.1, -0.05) is 42.5 Å². The van der Waals surface area contributed by atoms with Crippen LogP contribution in [0.2, 0.25) is 0 Å². The number of carbonyl (C=O) groups excluding carboxylic acids is 1. The maximum atomic E-state index is 12.5. The highest BCUT2D eigenvalue weighted by molar-refractivity contribution is 6.09. The lowest BCUT2D eigenvalue weighted by Crippen LogP contribution is -2.37. The van der Waals surface area contributed by atoms with Gasteiger partial charge in [-0.3, -0.25) is 10.1 Å². The zero-order chi connectivity index (χ0) is 22.2. The van der Waals surface area contributed by atoms with Crippen molar-refractivity contribution < 1.29 is 14.5 Å². The van der Waals surface area contributed by atoms with Crippen molar-refractivity contribution in [1.29, 1.82) is 0 Å². The second kappa shape index (κ2) is 7.92. The van der Waals surface area contributed by atoms with Crippen molar-refractivity contribution in [3.63, 3.8) is 0 Å². The van der Waals surface area contributed by atoms with Crippen molar-refractivity contribution in [3.05, 3.63) is 81.9 Å². The van der Waals surface area contributed by atoms with Crippen LogP contribution in [0.15, 0.2) is 60.7 Å². The van der Waals surface area contributed by atoms with Gasteiger partial charge in [-0.2, -0.15) is 0 Å². The molecule has 1 aliphatic rings. The standard InChI is InChI=1S/C25H21N3O4/c1-2-32-25(29)27-14-13-18-20(15-27)24(19-9-5-6-10-22(19)28(30)31)26-21-12-11-16-7-3-4-8-17(16)23(18)21/h3-12H,2,13-15H2,1H3. The van der Waals surface area contributed by atoms with Crippen LogP contribution < -0.4 is 0 Å². The molecule has 1 aromatic heterocycles. The summed E-state index contributed by atoms with van der Waals surface area (Å²) in [6.07, 6.45) is 0.235. The Labute approximate surface area is 184 Å². The Bertz CT molecular complexity index is 1380. The fourth-order valence-electron chi connectivity index (χ4n) is 4.54. The zero-order valence-corrected chi connectivity index (χ0v) is 17.6. The number of ether oxygens (including phenoxy) is 1. The second-order valence-corrected chi connectivity index (χ2v) is 7.74. The molecule has 5 rings (SSSR count). The minimum atomic E-state index is -0.389. The largest absolute Gasteiger partial charge is 0.450 e. The normalized spacial score (nSPS) is 13.2. The lowest BCUT2D eigenvalue weighted by molar-refractivity contribution is -0.384. The van der Waals surface area contributed by atoms with Gasteiger partial charge < -0.3 is 9.64 Å². The van der Waals surface area contributed by atoms with Crippen LogP contribution in [0.25, 0.3) is 32.9 Å². The third-order valence-electron chi connectivity index (χ3n) is 5.95. The minimum Gasteiger partial charge on any atom is -0.450 e. The Hall–Kier alpha value is -4.00. The van der Waals surface area contributed by atoms with Gasteiger partial charge in [-0.15, -0.1) is 0 Å². The van der Waals surface area contributed by atoms with Crippen LogP contribution >= 0.6 is 0 Å². The number of fused-ring (bicyclic) bond motifs is 5. The molecule has 0 saturated heterocycles.